The number of rotatable bonds is 7. The average Bonchev–Trinajstić information content (AvgIpc) is 2.89. The molecule has 0 aliphatic heterocycles. The van der Waals surface area contributed by atoms with Gasteiger partial charge in [0.2, 0.25) is 0 Å². The van der Waals surface area contributed by atoms with Crippen molar-refractivity contribution in [2.75, 3.05) is 0 Å². The molecule has 2 aromatic rings. The van der Waals surface area contributed by atoms with Crippen LogP contribution in [0.3, 0.4) is 0 Å². The van der Waals surface area contributed by atoms with Gasteiger partial charge in [-0.15, -0.1) is 0 Å². The van der Waals surface area contributed by atoms with Gasteiger partial charge in [0.1, 0.15) is 0 Å². The van der Waals surface area contributed by atoms with Crippen molar-refractivity contribution in [3.63, 3.8) is 0 Å². The summed E-state index contributed by atoms with van der Waals surface area (Å²) in [4.78, 5) is 0. The van der Waals surface area contributed by atoms with Crippen molar-refractivity contribution in [3.05, 3.63) is 47.3 Å². The zero-order chi connectivity index (χ0) is 24.4. The van der Waals surface area contributed by atoms with Gasteiger partial charge < -0.3 is 0 Å². The SMILES string of the molecule is CCCCCCC1CCC(C2CCC3CC(c4ccc5c(F)c(F)c(F)cc5c4)CCC3C2)CC1. The molecule has 35 heavy (non-hydrogen) atoms. The first-order chi connectivity index (χ1) is 17.0. The maximum Gasteiger partial charge on any atom is 0.195 e. The van der Waals surface area contributed by atoms with Crippen molar-refractivity contribution >= 4 is 10.8 Å². The third-order valence-corrected chi connectivity index (χ3v) is 10.1. The topological polar surface area (TPSA) is 0 Å². The molecule has 0 amide bonds. The molecule has 192 valence electrons. The fourth-order valence-corrected chi connectivity index (χ4v) is 8.04. The van der Waals surface area contributed by atoms with Gasteiger partial charge in [-0.2, -0.15) is 0 Å². The van der Waals surface area contributed by atoms with E-state index in [-0.39, 0.29) is 5.39 Å². The molecule has 4 unspecified atom stereocenters. The van der Waals surface area contributed by atoms with E-state index in [4.69, 9.17) is 0 Å². The molecular formula is C32H43F3. The van der Waals surface area contributed by atoms with Crippen LogP contribution in [-0.4, -0.2) is 0 Å². The van der Waals surface area contributed by atoms with Gasteiger partial charge in [0, 0.05) is 5.39 Å². The van der Waals surface area contributed by atoms with Crippen molar-refractivity contribution in [2.45, 2.75) is 109 Å². The second-order valence-corrected chi connectivity index (χ2v) is 12.2. The molecule has 2 aromatic carbocycles. The van der Waals surface area contributed by atoms with Crippen LogP contribution < -0.4 is 0 Å². The van der Waals surface area contributed by atoms with E-state index >= 15 is 0 Å². The molecule has 5 rings (SSSR count). The van der Waals surface area contributed by atoms with E-state index in [0.29, 0.717) is 11.3 Å². The Bertz CT molecular complexity index is 990. The van der Waals surface area contributed by atoms with E-state index < -0.39 is 17.5 Å². The Labute approximate surface area is 210 Å². The van der Waals surface area contributed by atoms with E-state index in [0.717, 1.165) is 42.1 Å². The number of hydrogen-bond donors (Lipinski definition) is 0. The summed E-state index contributed by atoms with van der Waals surface area (Å²) in [5.74, 6) is 1.47. The lowest BCUT2D eigenvalue weighted by molar-refractivity contribution is 0.0710. The monoisotopic (exact) mass is 484 g/mol. The molecule has 0 radical (unpaired) electrons. The molecule has 0 heterocycles. The van der Waals surface area contributed by atoms with E-state index in [1.807, 2.05) is 12.1 Å². The van der Waals surface area contributed by atoms with Crippen LogP contribution in [0.25, 0.3) is 10.8 Å². The van der Waals surface area contributed by atoms with Crippen molar-refractivity contribution in [1.29, 1.82) is 0 Å². The number of benzene rings is 2. The lowest BCUT2D eigenvalue weighted by Crippen LogP contribution is -2.34. The molecule has 0 N–H and O–H groups in total. The molecule has 0 nitrogen and oxygen atoms in total. The minimum atomic E-state index is -1.37. The first-order valence-corrected chi connectivity index (χ1v) is 14.6. The zero-order valence-electron chi connectivity index (χ0n) is 21.5. The normalized spacial score (nSPS) is 31.4. The summed E-state index contributed by atoms with van der Waals surface area (Å²) in [6, 6.07) is 6.64. The van der Waals surface area contributed by atoms with Gasteiger partial charge in [-0.05, 0) is 104 Å². The lowest BCUT2D eigenvalue weighted by Gasteiger charge is -2.45. The first kappa shape index (κ1) is 25.2. The quantitative estimate of drug-likeness (QED) is 0.271. The summed E-state index contributed by atoms with van der Waals surface area (Å²) in [5, 5.41) is 0.656. The molecule has 4 atom stereocenters. The Balaban J connectivity index is 1.14. The molecule has 3 aliphatic carbocycles. The average molecular weight is 485 g/mol. The zero-order valence-corrected chi connectivity index (χ0v) is 21.5. The van der Waals surface area contributed by atoms with E-state index in [2.05, 4.69) is 6.92 Å². The molecule has 0 saturated heterocycles. The smallest absolute Gasteiger partial charge is 0.195 e. The van der Waals surface area contributed by atoms with E-state index in [1.54, 1.807) is 6.07 Å². The molecule has 3 aliphatic rings. The van der Waals surface area contributed by atoms with Gasteiger partial charge in [-0.1, -0.05) is 70.1 Å². The van der Waals surface area contributed by atoms with Crippen LogP contribution >= 0.6 is 0 Å². The van der Waals surface area contributed by atoms with Crippen LogP contribution in [0.1, 0.15) is 115 Å². The highest BCUT2D eigenvalue weighted by Gasteiger charge is 2.39. The Morgan fingerprint density at radius 2 is 1.37 bits per heavy atom. The summed E-state index contributed by atoms with van der Waals surface area (Å²) in [7, 11) is 0. The Hall–Kier alpha value is -1.51. The second kappa shape index (κ2) is 11.3. The van der Waals surface area contributed by atoms with E-state index in [9.17, 15) is 13.2 Å². The molecule has 3 saturated carbocycles. The van der Waals surface area contributed by atoms with Gasteiger partial charge in [0.25, 0.3) is 0 Å². The summed E-state index contributed by atoms with van der Waals surface area (Å²) >= 11 is 0. The van der Waals surface area contributed by atoms with Gasteiger partial charge >= 0.3 is 0 Å². The van der Waals surface area contributed by atoms with Crippen LogP contribution in [-0.2, 0) is 0 Å². The fraction of sp³-hybridized carbons (Fsp3) is 0.688. The lowest BCUT2D eigenvalue weighted by atomic mass is 9.60. The standard InChI is InChI=1S/C32H43F3/c1-2-3-4-5-6-21-7-9-22(10-8-21)23-11-12-25-18-26(14-13-24(25)17-23)27-15-16-29-28(19-27)20-30(33)32(35)31(29)34/h15-16,19-26H,2-14,17-18H2,1H3. The maximum atomic E-state index is 14.1. The Kier molecular flexibility index (Phi) is 8.09. The molecule has 0 aromatic heterocycles. The minimum absolute atomic E-state index is 0.178. The number of hydrogen-bond acceptors (Lipinski definition) is 0. The van der Waals surface area contributed by atoms with Crippen LogP contribution in [0.2, 0.25) is 0 Å². The van der Waals surface area contributed by atoms with Crippen LogP contribution in [0.15, 0.2) is 24.3 Å². The Morgan fingerprint density at radius 3 is 2.14 bits per heavy atom. The molecule has 3 fully saturated rings. The summed E-state index contributed by atoms with van der Waals surface area (Å²) in [5.41, 5.74) is 1.17. The predicted octanol–water partition coefficient (Wildman–Crippen LogP) is 10.3. The minimum Gasteiger partial charge on any atom is -0.204 e. The van der Waals surface area contributed by atoms with Crippen molar-refractivity contribution in [2.24, 2.45) is 29.6 Å². The highest BCUT2D eigenvalue weighted by molar-refractivity contribution is 5.84. The van der Waals surface area contributed by atoms with Gasteiger partial charge in [-0.3, -0.25) is 0 Å². The van der Waals surface area contributed by atoms with Crippen molar-refractivity contribution < 1.29 is 13.2 Å². The van der Waals surface area contributed by atoms with Crippen molar-refractivity contribution in [1.82, 2.24) is 0 Å². The second-order valence-electron chi connectivity index (χ2n) is 12.2. The fourth-order valence-electron chi connectivity index (χ4n) is 8.04. The third kappa shape index (κ3) is 5.59. The highest BCUT2D eigenvalue weighted by atomic mass is 19.2. The van der Waals surface area contributed by atoms with Crippen LogP contribution in [0, 0.1) is 47.0 Å². The summed E-state index contributed by atoms with van der Waals surface area (Å²) in [6.45, 7) is 2.30. The third-order valence-electron chi connectivity index (χ3n) is 10.1. The molecule has 3 heteroatoms. The highest BCUT2D eigenvalue weighted by Crippen LogP contribution is 2.51. The Morgan fingerprint density at radius 1 is 0.686 bits per heavy atom. The van der Waals surface area contributed by atoms with Crippen LogP contribution in [0.5, 0.6) is 0 Å². The molecule has 0 spiro atoms. The molecular weight excluding hydrogens is 441 g/mol. The van der Waals surface area contributed by atoms with Gasteiger partial charge in [0.15, 0.2) is 17.5 Å². The number of unbranched alkanes of at least 4 members (excludes halogenated alkanes) is 3. The van der Waals surface area contributed by atoms with E-state index in [1.165, 1.54) is 95.5 Å². The maximum absolute atomic E-state index is 14.1. The van der Waals surface area contributed by atoms with Gasteiger partial charge in [0.05, 0.1) is 0 Å². The van der Waals surface area contributed by atoms with Gasteiger partial charge in [-0.25, -0.2) is 13.2 Å². The summed E-state index contributed by atoms with van der Waals surface area (Å²) in [6.07, 6.45) is 20.7. The molecule has 0 bridgehead atoms. The predicted molar refractivity (Wildman–Crippen MR) is 139 cm³/mol. The summed E-state index contributed by atoms with van der Waals surface area (Å²) < 4.78 is 41.5. The number of halogens is 3. The largest absolute Gasteiger partial charge is 0.204 e. The first-order valence-electron chi connectivity index (χ1n) is 14.6. The number of fused-ring (bicyclic) bond motifs is 2. The van der Waals surface area contributed by atoms with Crippen LogP contribution in [0.4, 0.5) is 13.2 Å². The van der Waals surface area contributed by atoms with Crippen molar-refractivity contribution in [3.8, 4) is 0 Å².